The van der Waals surface area contributed by atoms with Gasteiger partial charge in [-0.15, -0.1) is 10.2 Å². The van der Waals surface area contributed by atoms with E-state index in [1.54, 1.807) is 16.9 Å². The van der Waals surface area contributed by atoms with Crippen molar-refractivity contribution in [3.8, 4) is 11.4 Å². The Morgan fingerprint density at radius 3 is 2.74 bits per heavy atom. The Morgan fingerprint density at radius 2 is 1.84 bits per heavy atom. The fourth-order valence-corrected chi connectivity index (χ4v) is 2.17. The van der Waals surface area contributed by atoms with Crippen LogP contribution in [-0.4, -0.2) is 24.8 Å². The quantitative estimate of drug-likeness (QED) is 0.518. The van der Waals surface area contributed by atoms with Gasteiger partial charge in [0.1, 0.15) is 0 Å². The van der Waals surface area contributed by atoms with Crippen LogP contribution in [-0.2, 0) is 0 Å². The zero-order valence-electron chi connectivity index (χ0n) is 9.93. The second kappa shape index (κ2) is 3.84. The summed E-state index contributed by atoms with van der Waals surface area (Å²) in [5, 5.41) is 15.0. The molecule has 5 heteroatoms. The molecule has 3 heterocycles. The van der Waals surface area contributed by atoms with Crippen LogP contribution in [0.15, 0.2) is 55.0 Å². The summed E-state index contributed by atoms with van der Waals surface area (Å²) in [7, 11) is 0. The van der Waals surface area contributed by atoms with Crippen molar-refractivity contribution in [3.63, 3.8) is 0 Å². The lowest BCUT2D eigenvalue weighted by atomic mass is 10.2. The molecular formula is C14H9N5. The fraction of sp³-hybridized carbons (Fsp3) is 0. The van der Waals surface area contributed by atoms with Crippen LogP contribution in [0.1, 0.15) is 0 Å². The summed E-state index contributed by atoms with van der Waals surface area (Å²) in [4.78, 5) is 4.10. The second-order valence-corrected chi connectivity index (χ2v) is 4.23. The Labute approximate surface area is 108 Å². The van der Waals surface area contributed by atoms with E-state index in [1.807, 2.05) is 42.6 Å². The maximum Gasteiger partial charge on any atom is 0.186 e. The van der Waals surface area contributed by atoms with Crippen LogP contribution in [0.25, 0.3) is 27.8 Å². The lowest BCUT2D eigenvalue weighted by molar-refractivity contribution is 0.944. The minimum atomic E-state index is 0.703. The Morgan fingerprint density at radius 1 is 0.895 bits per heavy atom. The maximum absolute atomic E-state index is 4.41. The predicted molar refractivity (Wildman–Crippen MR) is 71.5 cm³/mol. The Bertz CT molecular complexity index is 867. The molecule has 0 saturated heterocycles. The number of hydrogen-bond donors (Lipinski definition) is 0. The summed E-state index contributed by atoms with van der Waals surface area (Å²) in [6.45, 7) is 0. The Hall–Kier alpha value is -2.82. The van der Waals surface area contributed by atoms with Crippen molar-refractivity contribution >= 4 is 16.4 Å². The largest absolute Gasteiger partial charge is 0.264 e. The average molecular weight is 247 g/mol. The molecule has 19 heavy (non-hydrogen) atoms. The third-order valence-electron chi connectivity index (χ3n) is 3.07. The van der Waals surface area contributed by atoms with Gasteiger partial charge in [0.15, 0.2) is 11.5 Å². The molecule has 0 saturated carbocycles. The van der Waals surface area contributed by atoms with Gasteiger partial charge in [-0.2, -0.15) is 9.61 Å². The molecule has 0 fully saturated rings. The van der Waals surface area contributed by atoms with Crippen molar-refractivity contribution in [3.05, 3.63) is 55.0 Å². The molecule has 0 aliphatic rings. The number of fused-ring (bicyclic) bond motifs is 3. The van der Waals surface area contributed by atoms with Crippen molar-refractivity contribution in [2.45, 2.75) is 0 Å². The molecule has 0 N–H and O–H groups in total. The van der Waals surface area contributed by atoms with Gasteiger partial charge in [0.25, 0.3) is 0 Å². The molecule has 0 atom stereocenters. The van der Waals surface area contributed by atoms with Gasteiger partial charge < -0.3 is 0 Å². The zero-order valence-corrected chi connectivity index (χ0v) is 9.93. The van der Waals surface area contributed by atoms with Gasteiger partial charge in [-0.1, -0.05) is 24.3 Å². The molecule has 0 aliphatic carbocycles. The lowest BCUT2D eigenvalue weighted by Gasteiger charge is -2.00. The van der Waals surface area contributed by atoms with E-state index in [1.165, 1.54) is 0 Å². The number of nitrogens with zero attached hydrogens (tertiary/aromatic N) is 5. The van der Waals surface area contributed by atoms with E-state index in [2.05, 4.69) is 20.3 Å². The van der Waals surface area contributed by atoms with Crippen LogP contribution in [0.3, 0.4) is 0 Å². The zero-order chi connectivity index (χ0) is 12.7. The van der Waals surface area contributed by atoms with E-state index in [0.717, 1.165) is 22.0 Å². The molecular weight excluding hydrogens is 238 g/mol. The normalized spacial score (nSPS) is 11.2. The summed E-state index contributed by atoms with van der Waals surface area (Å²) in [5.41, 5.74) is 1.66. The van der Waals surface area contributed by atoms with Gasteiger partial charge >= 0.3 is 0 Å². The average Bonchev–Trinajstić information content (AvgIpc) is 2.92. The Kier molecular flexibility index (Phi) is 2.05. The number of aromatic nitrogens is 5. The van der Waals surface area contributed by atoms with Gasteiger partial charge in [-0.05, 0) is 12.1 Å². The minimum Gasteiger partial charge on any atom is -0.264 e. The number of pyridine rings is 1. The first kappa shape index (κ1) is 10.1. The van der Waals surface area contributed by atoms with Crippen LogP contribution in [0.5, 0.6) is 0 Å². The smallest absolute Gasteiger partial charge is 0.186 e. The lowest BCUT2D eigenvalue weighted by Crippen LogP contribution is -1.95. The molecule has 0 aliphatic heterocycles. The molecule has 0 radical (unpaired) electrons. The van der Waals surface area contributed by atoms with Crippen molar-refractivity contribution in [1.82, 2.24) is 24.8 Å². The second-order valence-electron chi connectivity index (χ2n) is 4.23. The van der Waals surface area contributed by atoms with E-state index in [0.29, 0.717) is 5.82 Å². The van der Waals surface area contributed by atoms with Gasteiger partial charge in [0.2, 0.25) is 0 Å². The van der Waals surface area contributed by atoms with E-state index in [9.17, 15) is 0 Å². The van der Waals surface area contributed by atoms with E-state index < -0.39 is 0 Å². The van der Waals surface area contributed by atoms with Gasteiger partial charge in [0.05, 0.1) is 6.20 Å². The number of rotatable bonds is 1. The maximum atomic E-state index is 4.41. The van der Waals surface area contributed by atoms with Gasteiger partial charge in [-0.3, -0.25) is 4.98 Å². The highest BCUT2D eigenvalue weighted by Crippen LogP contribution is 2.21. The van der Waals surface area contributed by atoms with Crippen molar-refractivity contribution in [2.75, 3.05) is 0 Å². The first-order valence-corrected chi connectivity index (χ1v) is 5.93. The third kappa shape index (κ3) is 1.48. The molecule has 4 aromatic rings. The molecule has 1 aromatic carbocycles. The molecule has 0 unspecified atom stereocenters. The van der Waals surface area contributed by atoms with Crippen LogP contribution in [0.4, 0.5) is 0 Å². The van der Waals surface area contributed by atoms with Crippen LogP contribution >= 0.6 is 0 Å². The summed E-state index contributed by atoms with van der Waals surface area (Å²) in [5.74, 6) is 0.703. The highest BCUT2D eigenvalue weighted by atomic mass is 15.4. The summed E-state index contributed by atoms with van der Waals surface area (Å²) in [6, 6.07) is 11.8. The fourth-order valence-electron chi connectivity index (χ4n) is 2.17. The first-order chi connectivity index (χ1) is 9.43. The summed E-state index contributed by atoms with van der Waals surface area (Å²) >= 11 is 0. The summed E-state index contributed by atoms with van der Waals surface area (Å²) < 4.78 is 1.75. The van der Waals surface area contributed by atoms with Crippen molar-refractivity contribution in [2.24, 2.45) is 0 Å². The van der Waals surface area contributed by atoms with E-state index >= 15 is 0 Å². The van der Waals surface area contributed by atoms with Crippen molar-refractivity contribution < 1.29 is 0 Å². The minimum absolute atomic E-state index is 0.703. The van der Waals surface area contributed by atoms with Crippen LogP contribution in [0, 0.1) is 0 Å². The molecule has 0 spiro atoms. The highest BCUT2D eigenvalue weighted by Gasteiger charge is 2.11. The standard InChI is InChI=1S/C14H9N5/c1-2-6-12-10(4-1)9-16-19-13(17-18-14(12)19)11-5-3-7-15-8-11/h1-9H. The molecule has 0 amide bonds. The molecule has 90 valence electrons. The van der Waals surface area contributed by atoms with Gasteiger partial charge in [-0.25, -0.2) is 0 Å². The molecule has 0 bridgehead atoms. The monoisotopic (exact) mass is 247 g/mol. The van der Waals surface area contributed by atoms with E-state index in [-0.39, 0.29) is 0 Å². The topological polar surface area (TPSA) is 56.0 Å². The van der Waals surface area contributed by atoms with Gasteiger partial charge in [0, 0.05) is 28.7 Å². The first-order valence-electron chi connectivity index (χ1n) is 5.93. The van der Waals surface area contributed by atoms with Crippen LogP contribution < -0.4 is 0 Å². The highest BCUT2D eigenvalue weighted by molar-refractivity contribution is 5.93. The Balaban J connectivity index is 2.08. The SMILES string of the molecule is c1cncc(-c2nnc3c4ccccc4cnn23)c1. The number of benzene rings is 1. The number of hydrogen-bond acceptors (Lipinski definition) is 4. The van der Waals surface area contributed by atoms with Crippen LogP contribution in [0.2, 0.25) is 0 Å². The molecule has 4 rings (SSSR count). The van der Waals surface area contributed by atoms with E-state index in [4.69, 9.17) is 0 Å². The molecule has 3 aromatic heterocycles. The third-order valence-corrected chi connectivity index (χ3v) is 3.07. The molecule has 5 nitrogen and oxygen atoms in total. The predicted octanol–water partition coefficient (Wildman–Crippen LogP) is 2.34. The van der Waals surface area contributed by atoms with Crippen molar-refractivity contribution in [1.29, 1.82) is 0 Å². The summed E-state index contributed by atoms with van der Waals surface area (Å²) in [6.07, 6.45) is 5.31.